The number of alkyl halides is 2. The topological polar surface area (TPSA) is 63.7 Å². The van der Waals surface area contributed by atoms with Crippen LogP contribution in [-0.2, 0) is 19.1 Å². The first kappa shape index (κ1) is 32.2. The largest absolute Gasteiger partial charge is 0.462 e. The van der Waals surface area contributed by atoms with Crippen LogP contribution in [0.5, 0.6) is 0 Å². The number of amides is 1. The first-order valence-corrected chi connectivity index (χ1v) is 17.5. The van der Waals surface area contributed by atoms with Crippen LogP contribution in [0.3, 0.4) is 0 Å². The van der Waals surface area contributed by atoms with Crippen LogP contribution in [0, 0.1) is 50.7 Å². The fourth-order valence-corrected chi connectivity index (χ4v) is 12.6. The lowest BCUT2D eigenvalue weighted by atomic mass is 9.33. The van der Waals surface area contributed by atoms with E-state index >= 15 is 0 Å². The van der Waals surface area contributed by atoms with Gasteiger partial charge < -0.3 is 9.64 Å². The minimum Gasteiger partial charge on any atom is -0.462 e. The van der Waals surface area contributed by atoms with Crippen molar-refractivity contribution in [2.45, 2.75) is 138 Å². The van der Waals surface area contributed by atoms with E-state index in [-0.39, 0.29) is 89.6 Å². The second-order valence-corrected chi connectivity index (χ2v) is 17.4. The van der Waals surface area contributed by atoms with Gasteiger partial charge in [-0.1, -0.05) is 48.5 Å². The van der Waals surface area contributed by atoms with Crippen molar-refractivity contribution < 1.29 is 27.9 Å². The van der Waals surface area contributed by atoms with Crippen LogP contribution < -0.4 is 0 Å². The van der Waals surface area contributed by atoms with Crippen LogP contribution in [0.2, 0.25) is 0 Å². The third-order valence-corrected chi connectivity index (χ3v) is 14.9. The molecule has 0 aromatic heterocycles. The van der Waals surface area contributed by atoms with E-state index in [1.54, 1.807) is 4.90 Å². The fourth-order valence-electron chi connectivity index (χ4n) is 12.6. The van der Waals surface area contributed by atoms with Crippen molar-refractivity contribution >= 4 is 17.7 Å². The standard InChI is InChI=1S/C37H55F2NO4/c1-22(2)29-25(42)21-36(31(43)40-19-17-37(38,39)18-20-40)16-15-34(7)24(30(29)36)9-10-27-33(6)13-12-28(44-23(3)41)32(4,5)26(33)11-14-35(27,34)8/h22,24,26-28H,9-21H2,1-8H3/t24-,26?,27?,28+,33+,34-,35-,36-/m1/s1. The Morgan fingerprint density at radius 2 is 1.50 bits per heavy atom. The summed E-state index contributed by atoms with van der Waals surface area (Å²) in [5, 5.41) is 0. The SMILES string of the molecule is CC(=O)O[C@H]1CC[C@@]2(C)C(CC[C@]3(C)C2CC[C@@H]2C4=C(C(C)C)C(=O)C[C@]4(C(=O)N4CCC(F)(F)CC4)CC[C@]23C)C1(C)C. The average Bonchev–Trinajstić information content (AvgIpc) is 3.23. The lowest BCUT2D eigenvalue weighted by Gasteiger charge is -2.72. The van der Waals surface area contributed by atoms with Crippen LogP contribution in [0.1, 0.15) is 126 Å². The number of rotatable bonds is 3. The molecule has 0 bridgehead atoms. The Balaban J connectivity index is 1.38. The highest BCUT2D eigenvalue weighted by atomic mass is 19.3. The molecule has 246 valence electrons. The first-order valence-electron chi connectivity index (χ1n) is 17.5. The molecule has 1 heterocycles. The van der Waals surface area contributed by atoms with Gasteiger partial charge in [-0.25, -0.2) is 8.78 Å². The van der Waals surface area contributed by atoms with Gasteiger partial charge in [0.1, 0.15) is 6.10 Å². The summed E-state index contributed by atoms with van der Waals surface area (Å²) in [4.78, 5) is 42.0. The van der Waals surface area contributed by atoms with Crippen LogP contribution in [0.25, 0.3) is 0 Å². The minimum atomic E-state index is -2.72. The number of halogens is 2. The zero-order chi connectivity index (χ0) is 32.3. The third-order valence-electron chi connectivity index (χ3n) is 14.9. The summed E-state index contributed by atoms with van der Waals surface area (Å²) < 4.78 is 34.1. The van der Waals surface area contributed by atoms with Crippen molar-refractivity contribution in [3.8, 4) is 0 Å². The van der Waals surface area contributed by atoms with Gasteiger partial charge in [0.25, 0.3) is 5.92 Å². The van der Waals surface area contributed by atoms with Gasteiger partial charge in [0.05, 0.1) is 5.41 Å². The van der Waals surface area contributed by atoms with E-state index in [2.05, 4.69) is 48.5 Å². The normalized spacial score (nSPS) is 44.4. The molecule has 8 atom stereocenters. The van der Waals surface area contributed by atoms with E-state index in [9.17, 15) is 23.2 Å². The predicted molar refractivity (Wildman–Crippen MR) is 166 cm³/mol. The Kier molecular flexibility index (Phi) is 7.39. The van der Waals surface area contributed by atoms with E-state index in [4.69, 9.17) is 4.74 Å². The molecule has 0 N–H and O–H groups in total. The van der Waals surface area contributed by atoms with Crippen molar-refractivity contribution in [2.75, 3.05) is 13.1 Å². The van der Waals surface area contributed by atoms with Gasteiger partial charge in [0, 0.05) is 44.7 Å². The Hall–Kier alpha value is -1.79. The maximum absolute atomic E-state index is 14.5. The highest BCUT2D eigenvalue weighted by molar-refractivity contribution is 6.07. The number of esters is 1. The number of hydrogen-bond acceptors (Lipinski definition) is 4. The third kappa shape index (κ3) is 4.28. The smallest absolute Gasteiger partial charge is 0.302 e. The molecule has 0 radical (unpaired) electrons. The van der Waals surface area contributed by atoms with E-state index in [1.165, 1.54) is 6.92 Å². The summed E-state index contributed by atoms with van der Waals surface area (Å²) in [7, 11) is 0. The molecular weight excluding hydrogens is 560 g/mol. The van der Waals surface area contributed by atoms with Crippen molar-refractivity contribution in [2.24, 2.45) is 50.7 Å². The molecule has 7 heteroatoms. The van der Waals surface area contributed by atoms with Crippen LogP contribution in [0.15, 0.2) is 11.1 Å². The van der Waals surface area contributed by atoms with Gasteiger partial charge in [-0.3, -0.25) is 14.4 Å². The Bertz CT molecular complexity index is 1280. The van der Waals surface area contributed by atoms with Crippen molar-refractivity contribution in [3.05, 3.63) is 11.1 Å². The number of hydrogen-bond donors (Lipinski definition) is 0. The van der Waals surface area contributed by atoms with Gasteiger partial charge in [0.2, 0.25) is 5.91 Å². The molecule has 0 aromatic carbocycles. The average molecular weight is 616 g/mol. The summed E-state index contributed by atoms with van der Waals surface area (Å²) in [6.07, 6.45) is 7.17. The molecule has 2 unspecified atom stereocenters. The number of likely N-dealkylation sites (tertiary alicyclic amines) is 1. The Morgan fingerprint density at radius 3 is 2.11 bits per heavy atom. The summed E-state index contributed by atoms with van der Waals surface area (Å²) in [6.45, 7) is 17.9. The molecule has 5 fully saturated rings. The van der Waals surface area contributed by atoms with Crippen molar-refractivity contribution in [1.82, 2.24) is 4.90 Å². The number of Topliss-reactive ketones (excluding diaryl/α,β-unsaturated/α-hetero) is 1. The summed E-state index contributed by atoms with van der Waals surface area (Å²) >= 11 is 0. The van der Waals surface area contributed by atoms with Gasteiger partial charge in [-0.2, -0.15) is 0 Å². The van der Waals surface area contributed by atoms with Gasteiger partial charge in [-0.05, 0) is 102 Å². The maximum Gasteiger partial charge on any atom is 0.302 e. The van der Waals surface area contributed by atoms with E-state index in [0.29, 0.717) is 18.3 Å². The molecule has 5 nitrogen and oxygen atoms in total. The molecule has 1 aliphatic heterocycles. The summed E-state index contributed by atoms with van der Waals surface area (Å²) in [6, 6.07) is 0. The quantitative estimate of drug-likeness (QED) is 0.301. The zero-order valence-electron chi connectivity index (χ0n) is 28.4. The number of ketones is 1. The molecule has 0 spiro atoms. The minimum absolute atomic E-state index is 0.0244. The predicted octanol–water partition coefficient (Wildman–Crippen LogP) is 8.16. The van der Waals surface area contributed by atoms with E-state index in [1.807, 2.05) is 0 Å². The number of fused-ring (bicyclic) bond motifs is 7. The lowest BCUT2D eigenvalue weighted by Crippen LogP contribution is -2.66. The molecule has 4 saturated carbocycles. The molecule has 6 aliphatic rings. The highest BCUT2D eigenvalue weighted by Gasteiger charge is 2.71. The number of nitrogens with zero attached hydrogens (tertiary/aromatic N) is 1. The van der Waals surface area contributed by atoms with Crippen LogP contribution >= 0.6 is 0 Å². The molecule has 44 heavy (non-hydrogen) atoms. The van der Waals surface area contributed by atoms with E-state index in [0.717, 1.165) is 56.1 Å². The summed E-state index contributed by atoms with van der Waals surface area (Å²) in [5.74, 6) is -1.77. The number of ether oxygens (including phenoxy) is 1. The van der Waals surface area contributed by atoms with E-state index < -0.39 is 11.3 Å². The number of carbonyl (C=O) groups is 3. The zero-order valence-corrected chi connectivity index (χ0v) is 28.4. The highest BCUT2D eigenvalue weighted by Crippen LogP contribution is 2.77. The molecule has 6 rings (SSSR count). The molecule has 1 amide bonds. The lowest BCUT2D eigenvalue weighted by molar-refractivity contribution is -0.233. The monoisotopic (exact) mass is 615 g/mol. The Morgan fingerprint density at radius 1 is 0.841 bits per heavy atom. The number of piperidine rings is 1. The Labute approximate surface area is 263 Å². The molecule has 5 aliphatic carbocycles. The molecule has 1 saturated heterocycles. The number of carbonyl (C=O) groups excluding carboxylic acids is 3. The van der Waals surface area contributed by atoms with Gasteiger partial charge in [0.15, 0.2) is 5.78 Å². The fraction of sp³-hybridized carbons (Fsp3) is 0.865. The number of allylic oxidation sites excluding steroid dienone is 1. The van der Waals surface area contributed by atoms with Crippen molar-refractivity contribution in [3.63, 3.8) is 0 Å². The molecule has 0 aromatic rings. The maximum atomic E-state index is 14.5. The van der Waals surface area contributed by atoms with Gasteiger partial charge in [-0.15, -0.1) is 0 Å². The second kappa shape index (κ2) is 10.1. The van der Waals surface area contributed by atoms with Gasteiger partial charge >= 0.3 is 5.97 Å². The van der Waals surface area contributed by atoms with Crippen LogP contribution in [0.4, 0.5) is 8.78 Å². The first-order chi connectivity index (χ1) is 20.3. The van der Waals surface area contributed by atoms with Crippen molar-refractivity contribution in [1.29, 1.82) is 0 Å². The molecular formula is C37H55F2NO4. The van der Waals surface area contributed by atoms with Crippen LogP contribution in [-0.4, -0.2) is 47.7 Å². The second-order valence-electron chi connectivity index (χ2n) is 17.4. The summed E-state index contributed by atoms with van der Waals surface area (Å²) in [5.41, 5.74) is 1.06.